The minimum absolute atomic E-state index is 0.0522. The quantitative estimate of drug-likeness (QED) is 0.293. The molecule has 1 aliphatic rings. The number of benzene rings is 1. The van der Waals surface area contributed by atoms with Crippen molar-refractivity contribution in [1.29, 1.82) is 0 Å². The van der Waals surface area contributed by atoms with E-state index in [1.807, 2.05) is 6.07 Å². The molecule has 0 saturated heterocycles. The number of pyridine rings is 2. The van der Waals surface area contributed by atoms with E-state index in [1.165, 1.54) is 0 Å². The highest BCUT2D eigenvalue weighted by Crippen LogP contribution is 2.37. The predicted octanol–water partition coefficient (Wildman–Crippen LogP) is 5.30. The van der Waals surface area contributed by atoms with Gasteiger partial charge in [0.1, 0.15) is 5.52 Å². The molecule has 2 amide bonds. The van der Waals surface area contributed by atoms with Gasteiger partial charge in [0.15, 0.2) is 5.75 Å². The Bertz CT molecular complexity index is 1270. The van der Waals surface area contributed by atoms with Crippen LogP contribution in [-0.2, 0) is 4.79 Å². The highest BCUT2D eigenvalue weighted by molar-refractivity contribution is 6.37. The van der Waals surface area contributed by atoms with Crippen molar-refractivity contribution in [1.82, 2.24) is 15.3 Å². The third kappa shape index (κ3) is 5.65. The number of hydrogen-bond acceptors (Lipinski definition) is 6. The van der Waals surface area contributed by atoms with Crippen molar-refractivity contribution < 1.29 is 14.7 Å². The second kappa shape index (κ2) is 11.3. The number of unbranched alkanes of at least 4 members (excludes halogenated alkanes) is 1. The Balaban J connectivity index is 1.75. The SMILES string of the molecule is CCCCNC(=O)c1cnc2ccc(-c3cc(Cl)c(O)c(Cl)c3)nc2c1NC1CCC(C(N)=O)CC1. The molecule has 0 bridgehead atoms. The van der Waals surface area contributed by atoms with Crippen LogP contribution in [0.2, 0.25) is 10.0 Å². The van der Waals surface area contributed by atoms with E-state index in [4.69, 9.17) is 33.9 Å². The fourth-order valence-corrected chi connectivity index (χ4v) is 4.95. The van der Waals surface area contributed by atoms with Crippen LogP contribution in [0.3, 0.4) is 0 Å². The zero-order chi connectivity index (χ0) is 25.8. The number of amides is 2. The molecule has 5 N–H and O–H groups in total. The summed E-state index contributed by atoms with van der Waals surface area (Å²) in [5, 5.41) is 16.7. The molecule has 0 unspecified atom stereocenters. The number of hydrogen-bond donors (Lipinski definition) is 4. The van der Waals surface area contributed by atoms with E-state index < -0.39 is 0 Å². The summed E-state index contributed by atoms with van der Waals surface area (Å²) in [7, 11) is 0. The topological polar surface area (TPSA) is 130 Å². The molecular formula is C26H29Cl2N5O3. The van der Waals surface area contributed by atoms with Gasteiger partial charge in [-0.2, -0.15) is 0 Å². The average molecular weight is 530 g/mol. The maximum Gasteiger partial charge on any atom is 0.255 e. The molecule has 4 rings (SSSR count). The molecule has 3 aromatic rings. The lowest BCUT2D eigenvalue weighted by Crippen LogP contribution is -2.33. The van der Waals surface area contributed by atoms with Crippen molar-refractivity contribution in [2.75, 3.05) is 11.9 Å². The van der Waals surface area contributed by atoms with E-state index >= 15 is 0 Å². The number of halogens is 2. The number of anilines is 1. The summed E-state index contributed by atoms with van der Waals surface area (Å²) in [5.41, 5.74) is 8.84. The van der Waals surface area contributed by atoms with Gasteiger partial charge in [-0.25, -0.2) is 4.98 Å². The van der Waals surface area contributed by atoms with Gasteiger partial charge in [0.25, 0.3) is 5.91 Å². The molecule has 10 heteroatoms. The molecule has 1 aromatic carbocycles. The van der Waals surface area contributed by atoms with Gasteiger partial charge in [0.05, 0.1) is 32.5 Å². The van der Waals surface area contributed by atoms with Crippen LogP contribution in [0.5, 0.6) is 5.75 Å². The van der Waals surface area contributed by atoms with Gasteiger partial charge in [-0.15, -0.1) is 0 Å². The lowest BCUT2D eigenvalue weighted by atomic mass is 9.85. The summed E-state index contributed by atoms with van der Waals surface area (Å²) in [6.07, 6.45) is 6.28. The third-order valence-corrected chi connectivity index (χ3v) is 7.14. The highest BCUT2D eigenvalue weighted by atomic mass is 35.5. The molecule has 2 heterocycles. The van der Waals surface area contributed by atoms with Gasteiger partial charge in [0, 0.05) is 30.3 Å². The normalized spacial score (nSPS) is 17.6. The molecule has 1 aliphatic carbocycles. The van der Waals surface area contributed by atoms with Crippen LogP contribution < -0.4 is 16.4 Å². The van der Waals surface area contributed by atoms with Crippen LogP contribution in [0.1, 0.15) is 55.8 Å². The molecule has 190 valence electrons. The maximum atomic E-state index is 13.1. The van der Waals surface area contributed by atoms with Crippen molar-refractivity contribution in [3.63, 3.8) is 0 Å². The monoisotopic (exact) mass is 529 g/mol. The number of carbonyl (C=O) groups excluding carboxylic acids is 2. The minimum Gasteiger partial charge on any atom is -0.505 e. The Morgan fingerprint density at radius 1 is 1.14 bits per heavy atom. The second-order valence-corrected chi connectivity index (χ2v) is 9.92. The third-order valence-electron chi connectivity index (χ3n) is 6.56. The number of aromatic hydroxyl groups is 1. The number of primary amides is 1. The van der Waals surface area contributed by atoms with Gasteiger partial charge in [0.2, 0.25) is 5.91 Å². The Morgan fingerprint density at radius 3 is 2.47 bits per heavy atom. The number of fused-ring (bicyclic) bond motifs is 1. The smallest absolute Gasteiger partial charge is 0.255 e. The average Bonchev–Trinajstić information content (AvgIpc) is 2.87. The predicted molar refractivity (Wildman–Crippen MR) is 142 cm³/mol. The number of aromatic nitrogens is 2. The van der Waals surface area contributed by atoms with Gasteiger partial charge in [-0.1, -0.05) is 36.5 Å². The molecule has 0 radical (unpaired) electrons. The molecule has 0 atom stereocenters. The van der Waals surface area contributed by atoms with Crippen molar-refractivity contribution >= 4 is 51.7 Å². The number of nitrogens with one attached hydrogen (secondary N) is 2. The fraction of sp³-hybridized carbons (Fsp3) is 0.385. The molecule has 0 aliphatic heterocycles. The first kappa shape index (κ1) is 26.0. The zero-order valence-electron chi connectivity index (χ0n) is 20.0. The maximum absolute atomic E-state index is 13.1. The van der Waals surface area contributed by atoms with Crippen LogP contribution in [0.15, 0.2) is 30.5 Å². The summed E-state index contributed by atoms with van der Waals surface area (Å²) < 4.78 is 0. The van der Waals surface area contributed by atoms with Crippen molar-refractivity contribution in [3.05, 3.63) is 46.1 Å². The van der Waals surface area contributed by atoms with Crippen LogP contribution in [0.25, 0.3) is 22.3 Å². The fourth-order valence-electron chi connectivity index (χ4n) is 4.46. The highest BCUT2D eigenvalue weighted by Gasteiger charge is 2.27. The molecule has 0 spiro atoms. The summed E-state index contributed by atoms with van der Waals surface area (Å²) in [5.74, 6) is -0.808. The summed E-state index contributed by atoms with van der Waals surface area (Å²) in [6, 6.07) is 6.84. The van der Waals surface area contributed by atoms with Gasteiger partial charge in [-0.05, 0) is 56.4 Å². The van der Waals surface area contributed by atoms with Gasteiger partial charge >= 0.3 is 0 Å². The first-order chi connectivity index (χ1) is 17.3. The first-order valence-electron chi connectivity index (χ1n) is 12.1. The Morgan fingerprint density at radius 2 is 1.83 bits per heavy atom. The summed E-state index contributed by atoms with van der Waals surface area (Å²) >= 11 is 12.3. The van der Waals surface area contributed by atoms with E-state index in [0.717, 1.165) is 25.7 Å². The number of phenolic OH excluding ortho intramolecular Hbond substituents is 1. The van der Waals surface area contributed by atoms with E-state index in [1.54, 1.807) is 24.4 Å². The second-order valence-electron chi connectivity index (χ2n) is 9.10. The van der Waals surface area contributed by atoms with Crippen molar-refractivity contribution in [2.45, 2.75) is 51.5 Å². The van der Waals surface area contributed by atoms with E-state index in [9.17, 15) is 14.7 Å². The number of nitrogens with zero attached hydrogens (tertiary/aromatic N) is 2. The van der Waals surface area contributed by atoms with Gasteiger partial charge < -0.3 is 21.5 Å². The van der Waals surface area contributed by atoms with Gasteiger partial charge in [-0.3, -0.25) is 14.6 Å². The number of rotatable bonds is 8. The summed E-state index contributed by atoms with van der Waals surface area (Å²) in [6.45, 7) is 2.63. The molecular weight excluding hydrogens is 501 g/mol. The number of carbonyl (C=O) groups is 2. The van der Waals surface area contributed by atoms with E-state index in [0.29, 0.717) is 52.9 Å². The molecule has 8 nitrogen and oxygen atoms in total. The van der Waals surface area contributed by atoms with Crippen molar-refractivity contribution in [3.8, 4) is 17.0 Å². The number of nitrogens with two attached hydrogens (primary N) is 1. The van der Waals surface area contributed by atoms with Crippen LogP contribution in [0, 0.1) is 5.92 Å². The molecule has 1 saturated carbocycles. The molecule has 36 heavy (non-hydrogen) atoms. The zero-order valence-corrected chi connectivity index (χ0v) is 21.5. The minimum atomic E-state index is -0.267. The van der Waals surface area contributed by atoms with Crippen LogP contribution in [0.4, 0.5) is 5.69 Å². The van der Waals surface area contributed by atoms with Crippen LogP contribution in [-0.4, -0.2) is 39.5 Å². The lowest BCUT2D eigenvalue weighted by molar-refractivity contribution is -0.122. The first-order valence-corrected chi connectivity index (χ1v) is 12.9. The Hall–Kier alpha value is -3.10. The Labute approximate surface area is 219 Å². The standard InChI is InChI=1S/C26H29Cl2N5O3/c1-2-3-10-30-26(36)17-13-31-21-9-8-20(15-11-18(27)24(34)19(28)12-15)33-23(21)22(17)32-16-6-4-14(5-7-16)25(29)35/h8-9,11-14,16,34H,2-7,10H2,1H3,(H2,29,35)(H,30,36)(H,31,32). The van der Waals surface area contributed by atoms with E-state index in [-0.39, 0.29) is 39.6 Å². The van der Waals surface area contributed by atoms with Crippen LogP contribution >= 0.6 is 23.2 Å². The summed E-state index contributed by atoms with van der Waals surface area (Å²) in [4.78, 5) is 34.0. The molecule has 2 aromatic heterocycles. The Kier molecular flexibility index (Phi) is 8.16. The molecule has 1 fully saturated rings. The van der Waals surface area contributed by atoms with E-state index in [2.05, 4.69) is 22.5 Å². The van der Waals surface area contributed by atoms with Crippen molar-refractivity contribution in [2.24, 2.45) is 11.7 Å². The number of phenols is 1. The largest absolute Gasteiger partial charge is 0.505 e. The lowest BCUT2D eigenvalue weighted by Gasteiger charge is -2.29.